The molecule has 0 fully saturated rings. The lowest BCUT2D eigenvalue weighted by Gasteiger charge is -2.16. The average Bonchev–Trinajstić information content (AvgIpc) is 3.11. The van der Waals surface area contributed by atoms with Gasteiger partial charge in [0.1, 0.15) is 12.1 Å². The molecule has 0 unspecified atom stereocenters. The van der Waals surface area contributed by atoms with E-state index in [0.717, 1.165) is 5.69 Å². The van der Waals surface area contributed by atoms with Gasteiger partial charge in [0, 0.05) is 16.7 Å². The highest BCUT2D eigenvalue weighted by molar-refractivity contribution is 7.98. The Morgan fingerprint density at radius 2 is 2.08 bits per heavy atom. The molecule has 24 heavy (non-hydrogen) atoms. The van der Waals surface area contributed by atoms with Crippen LogP contribution in [0.4, 0.5) is 4.39 Å². The molecule has 0 atom stereocenters. The molecule has 0 saturated carbocycles. The lowest BCUT2D eigenvalue weighted by molar-refractivity contribution is 0.523. The summed E-state index contributed by atoms with van der Waals surface area (Å²) in [6.45, 7) is 6.08. The number of oxazole rings is 1. The highest BCUT2D eigenvalue weighted by Crippen LogP contribution is 2.26. The minimum atomic E-state index is -0.326. The number of nitrogens with zero attached hydrogens (tertiary/aromatic N) is 4. The third-order valence-corrected chi connectivity index (χ3v) is 4.28. The summed E-state index contributed by atoms with van der Waals surface area (Å²) in [5.74, 6) is 7.35. The molecule has 126 valence electrons. The van der Waals surface area contributed by atoms with Crippen LogP contribution in [0.1, 0.15) is 32.3 Å². The maximum Gasteiger partial charge on any atom is 0.226 e. The average molecular weight is 347 g/mol. The Balaban J connectivity index is 1.71. The fourth-order valence-electron chi connectivity index (χ4n) is 2.15. The van der Waals surface area contributed by atoms with Crippen molar-refractivity contribution in [3.8, 4) is 11.5 Å². The van der Waals surface area contributed by atoms with Gasteiger partial charge in [0.25, 0.3) is 0 Å². The second-order valence-corrected chi connectivity index (χ2v) is 7.31. The summed E-state index contributed by atoms with van der Waals surface area (Å²) < 4.78 is 20.2. The van der Waals surface area contributed by atoms with Crippen LogP contribution in [-0.2, 0) is 11.2 Å². The zero-order valence-electron chi connectivity index (χ0n) is 13.7. The highest BCUT2D eigenvalue weighted by atomic mass is 32.2. The molecular weight excluding hydrogens is 329 g/mol. The minimum absolute atomic E-state index is 0.182. The van der Waals surface area contributed by atoms with E-state index in [1.165, 1.54) is 28.6 Å². The molecule has 1 aromatic carbocycles. The number of hydrogen-bond acceptors (Lipinski definition) is 6. The van der Waals surface area contributed by atoms with E-state index in [-0.39, 0.29) is 11.2 Å². The van der Waals surface area contributed by atoms with E-state index in [2.05, 4.69) is 15.2 Å². The Morgan fingerprint density at radius 3 is 2.75 bits per heavy atom. The third-order valence-electron chi connectivity index (χ3n) is 3.31. The van der Waals surface area contributed by atoms with Crippen LogP contribution in [0.3, 0.4) is 0 Å². The molecular formula is C16H18FN5OS. The first-order valence-electron chi connectivity index (χ1n) is 7.39. The van der Waals surface area contributed by atoms with E-state index < -0.39 is 0 Å². The number of thioether (sulfide) groups is 1. The molecule has 0 bridgehead atoms. The summed E-state index contributed by atoms with van der Waals surface area (Å²) in [4.78, 5) is 4.37. The summed E-state index contributed by atoms with van der Waals surface area (Å²) in [5.41, 5.74) is 1.14. The first kappa shape index (κ1) is 16.5. The van der Waals surface area contributed by atoms with Crippen molar-refractivity contribution in [2.45, 2.75) is 37.1 Å². The summed E-state index contributed by atoms with van der Waals surface area (Å²) in [6, 6.07) is 6.13. The van der Waals surface area contributed by atoms with Gasteiger partial charge < -0.3 is 10.3 Å². The van der Waals surface area contributed by atoms with E-state index in [1.807, 2.05) is 20.8 Å². The van der Waals surface area contributed by atoms with Gasteiger partial charge in [-0.15, -0.1) is 10.2 Å². The van der Waals surface area contributed by atoms with Crippen LogP contribution >= 0.6 is 11.8 Å². The monoisotopic (exact) mass is 347 g/mol. The van der Waals surface area contributed by atoms with Crippen molar-refractivity contribution >= 4 is 11.8 Å². The maximum absolute atomic E-state index is 13.3. The fourth-order valence-corrected chi connectivity index (χ4v) is 2.89. The molecule has 0 aliphatic heterocycles. The van der Waals surface area contributed by atoms with Crippen LogP contribution in [-0.4, -0.2) is 19.9 Å². The number of hydrogen-bond donors (Lipinski definition) is 1. The van der Waals surface area contributed by atoms with Crippen LogP contribution < -0.4 is 5.84 Å². The first-order valence-corrected chi connectivity index (χ1v) is 8.37. The lowest BCUT2D eigenvalue weighted by Crippen LogP contribution is -2.24. The molecule has 0 amide bonds. The number of nitrogens with two attached hydrogens (primary N) is 1. The molecule has 0 radical (unpaired) electrons. The standard InChI is InChI=1S/C16H18FN5OS/c1-16(2,3)14-20-21-15(22(14)18)24-9-12-8-23-13(19-12)10-5-4-6-11(17)7-10/h4-8H,9,18H2,1-3H3. The van der Waals surface area contributed by atoms with E-state index in [4.69, 9.17) is 10.3 Å². The third kappa shape index (κ3) is 3.43. The van der Waals surface area contributed by atoms with E-state index in [1.54, 1.807) is 18.4 Å². The van der Waals surface area contributed by atoms with Gasteiger partial charge in [0.2, 0.25) is 11.0 Å². The predicted octanol–water partition coefficient (Wildman–Crippen LogP) is 3.38. The smallest absolute Gasteiger partial charge is 0.226 e. The molecule has 0 aliphatic carbocycles. The molecule has 0 aliphatic rings. The van der Waals surface area contributed by atoms with Crippen molar-refractivity contribution in [1.82, 2.24) is 19.9 Å². The van der Waals surface area contributed by atoms with Crippen LogP contribution in [0.15, 0.2) is 40.1 Å². The Hall–Kier alpha value is -2.35. The SMILES string of the molecule is CC(C)(C)c1nnc(SCc2coc(-c3cccc(F)c3)n2)n1N. The Labute approximate surface area is 143 Å². The zero-order chi connectivity index (χ0) is 17.3. The van der Waals surface area contributed by atoms with Crippen LogP contribution in [0.5, 0.6) is 0 Å². The summed E-state index contributed by atoms with van der Waals surface area (Å²) in [6.07, 6.45) is 1.55. The van der Waals surface area contributed by atoms with E-state index in [0.29, 0.717) is 28.2 Å². The van der Waals surface area contributed by atoms with Gasteiger partial charge in [0.15, 0.2) is 5.82 Å². The van der Waals surface area contributed by atoms with Gasteiger partial charge in [-0.25, -0.2) is 14.1 Å². The number of halogens is 1. The van der Waals surface area contributed by atoms with Gasteiger partial charge in [0.05, 0.1) is 5.69 Å². The topological polar surface area (TPSA) is 82.8 Å². The molecule has 3 rings (SSSR count). The fraction of sp³-hybridized carbons (Fsp3) is 0.312. The first-order chi connectivity index (χ1) is 11.3. The van der Waals surface area contributed by atoms with E-state index >= 15 is 0 Å². The number of benzene rings is 1. The predicted molar refractivity (Wildman–Crippen MR) is 90.3 cm³/mol. The highest BCUT2D eigenvalue weighted by Gasteiger charge is 2.23. The number of nitrogen functional groups attached to an aromatic ring is 1. The Morgan fingerprint density at radius 1 is 1.29 bits per heavy atom. The van der Waals surface area contributed by atoms with Crippen molar-refractivity contribution in [3.05, 3.63) is 47.9 Å². The van der Waals surface area contributed by atoms with Crippen molar-refractivity contribution in [2.75, 3.05) is 5.84 Å². The van der Waals surface area contributed by atoms with Crippen LogP contribution in [0, 0.1) is 5.82 Å². The second kappa shape index (κ2) is 6.27. The number of aromatic nitrogens is 4. The molecule has 8 heteroatoms. The lowest BCUT2D eigenvalue weighted by atomic mass is 9.96. The van der Waals surface area contributed by atoms with Crippen molar-refractivity contribution in [2.24, 2.45) is 0 Å². The molecule has 2 N–H and O–H groups in total. The second-order valence-electron chi connectivity index (χ2n) is 6.37. The van der Waals surface area contributed by atoms with Crippen molar-refractivity contribution in [1.29, 1.82) is 0 Å². The van der Waals surface area contributed by atoms with Gasteiger partial charge in [-0.2, -0.15) is 0 Å². The normalized spacial score (nSPS) is 11.8. The summed E-state index contributed by atoms with van der Waals surface area (Å²) in [5, 5.41) is 8.87. The molecule has 0 spiro atoms. The van der Waals surface area contributed by atoms with Gasteiger partial charge in [-0.3, -0.25) is 0 Å². The van der Waals surface area contributed by atoms with Gasteiger partial charge >= 0.3 is 0 Å². The zero-order valence-corrected chi connectivity index (χ0v) is 14.5. The van der Waals surface area contributed by atoms with Crippen LogP contribution in [0.25, 0.3) is 11.5 Å². The number of rotatable bonds is 4. The largest absolute Gasteiger partial charge is 0.444 e. The summed E-state index contributed by atoms with van der Waals surface area (Å²) >= 11 is 1.42. The molecule has 3 aromatic rings. The Bertz CT molecular complexity index is 852. The minimum Gasteiger partial charge on any atom is -0.444 e. The molecule has 0 saturated heterocycles. The van der Waals surface area contributed by atoms with Gasteiger partial charge in [-0.05, 0) is 18.2 Å². The van der Waals surface area contributed by atoms with Gasteiger partial charge in [-0.1, -0.05) is 38.6 Å². The van der Waals surface area contributed by atoms with E-state index in [9.17, 15) is 4.39 Å². The van der Waals surface area contributed by atoms with Crippen LogP contribution in [0.2, 0.25) is 0 Å². The quantitative estimate of drug-likeness (QED) is 0.575. The molecule has 2 heterocycles. The molecule has 2 aromatic heterocycles. The Kier molecular flexibility index (Phi) is 4.31. The maximum atomic E-state index is 13.3. The van der Waals surface area contributed by atoms with Crippen molar-refractivity contribution < 1.29 is 8.81 Å². The molecule has 6 nitrogen and oxygen atoms in total. The van der Waals surface area contributed by atoms with Crippen molar-refractivity contribution in [3.63, 3.8) is 0 Å². The summed E-state index contributed by atoms with van der Waals surface area (Å²) in [7, 11) is 0.